The van der Waals surface area contributed by atoms with Crippen LogP contribution in [0.15, 0.2) is 23.5 Å². The van der Waals surface area contributed by atoms with Gasteiger partial charge in [0.1, 0.15) is 0 Å². The fourth-order valence-corrected chi connectivity index (χ4v) is 1.92. The first-order valence-electron chi connectivity index (χ1n) is 6.31. The van der Waals surface area contributed by atoms with Gasteiger partial charge in [0.15, 0.2) is 0 Å². The molecule has 0 bridgehead atoms. The van der Waals surface area contributed by atoms with E-state index in [1.807, 2.05) is 13.0 Å². The molecule has 1 atom stereocenters. The molecule has 0 aliphatic carbocycles. The monoisotopic (exact) mass is 238 g/mol. The van der Waals surface area contributed by atoms with Crippen LogP contribution in [0, 0.1) is 0 Å². The summed E-state index contributed by atoms with van der Waals surface area (Å²) in [5, 5.41) is 0. The van der Waals surface area contributed by atoms with Crippen LogP contribution in [-0.2, 0) is 14.3 Å². The van der Waals surface area contributed by atoms with Gasteiger partial charge in [0.05, 0.1) is 19.0 Å². The van der Waals surface area contributed by atoms with Crippen LogP contribution in [-0.4, -0.2) is 19.2 Å². The first kappa shape index (κ1) is 13.8. The van der Waals surface area contributed by atoms with Crippen molar-refractivity contribution in [1.82, 2.24) is 0 Å². The van der Waals surface area contributed by atoms with Crippen LogP contribution in [0.25, 0.3) is 0 Å². The topological polar surface area (TPSA) is 35.5 Å². The third-order valence-corrected chi connectivity index (χ3v) is 2.75. The molecule has 0 N–H and O–H groups in total. The summed E-state index contributed by atoms with van der Waals surface area (Å²) in [5.41, 5.74) is 1.00. The SMILES string of the molecule is CCCCCC1=C/C(=C\C(=O)OC)CC(C)O1. The number of allylic oxidation sites excluding steroid dienone is 2. The quantitative estimate of drug-likeness (QED) is 0.418. The highest BCUT2D eigenvalue weighted by atomic mass is 16.5. The molecule has 0 amide bonds. The van der Waals surface area contributed by atoms with E-state index in [1.54, 1.807) is 6.08 Å². The van der Waals surface area contributed by atoms with Crippen LogP contribution in [0.5, 0.6) is 0 Å². The van der Waals surface area contributed by atoms with E-state index in [1.165, 1.54) is 20.0 Å². The predicted octanol–water partition coefficient (Wildman–Crippen LogP) is 3.36. The second-order valence-electron chi connectivity index (χ2n) is 4.44. The lowest BCUT2D eigenvalue weighted by atomic mass is 10.0. The molecule has 0 saturated heterocycles. The van der Waals surface area contributed by atoms with Crippen molar-refractivity contribution in [2.75, 3.05) is 7.11 Å². The fourth-order valence-electron chi connectivity index (χ4n) is 1.92. The Morgan fingerprint density at radius 3 is 3.00 bits per heavy atom. The summed E-state index contributed by atoms with van der Waals surface area (Å²) in [6, 6.07) is 0. The van der Waals surface area contributed by atoms with Crippen LogP contribution in [0.2, 0.25) is 0 Å². The molecule has 0 radical (unpaired) electrons. The molecule has 0 saturated carbocycles. The molecule has 1 rings (SSSR count). The number of carbonyl (C=O) groups is 1. The zero-order valence-electron chi connectivity index (χ0n) is 11.0. The maximum absolute atomic E-state index is 11.2. The third kappa shape index (κ3) is 5.07. The van der Waals surface area contributed by atoms with E-state index in [0.717, 1.165) is 30.6 Å². The summed E-state index contributed by atoms with van der Waals surface area (Å²) < 4.78 is 10.4. The highest BCUT2D eigenvalue weighted by molar-refractivity contribution is 5.83. The minimum atomic E-state index is -0.293. The van der Waals surface area contributed by atoms with Crippen LogP contribution >= 0.6 is 0 Å². The van der Waals surface area contributed by atoms with Crippen molar-refractivity contribution in [3.63, 3.8) is 0 Å². The van der Waals surface area contributed by atoms with Crippen molar-refractivity contribution in [2.24, 2.45) is 0 Å². The average molecular weight is 238 g/mol. The lowest BCUT2D eigenvalue weighted by Gasteiger charge is -2.23. The van der Waals surface area contributed by atoms with Gasteiger partial charge in [-0.1, -0.05) is 19.8 Å². The van der Waals surface area contributed by atoms with Gasteiger partial charge in [-0.3, -0.25) is 0 Å². The van der Waals surface area contributed by atoms with Gasteiger partial charge in [-0.2, -0.15) is 0 Å². The van der Waals surface area contributed by atoms with Crippen LogP contribution in [0.4, 0.5) is 0 Å². The molecule has 96 valence electrons. The Balaban J connectivity index is 2.63. The minimum Gasteiger partial charge on any atom is -0.495 e. The summed E-state index contributed by atoms with van der Waals surface area (Å²) in [6.07, 6.45) is 8.96. The van der Waals surface area contributed by atoms with Gasteiger partial charge in [-0.15, -0.1) is 0 Å². The van der Waals surface area contributed by atoms with Gasteiger partial charge in [0, 0.05) is 18.9 Å². The molecule has 3 heteroatoms. The summed E-state index contributed by atoms with van der Waals surface area (Å²) in [4.78, 5) is 11.2. The van der Waals surface area contributed by atoms with Crippen LogP contribution < -0.4 is 0 Å². The van der Waals surface area contributed by atoms with Crippen molar-refractivity contribution in [2.45, 2.75) is 52.1 Å². The maximum Gasteiger partial charge on any atom is 0.330 e. The first-order valence-corrected chi connectivity index (χ1v) is 6.31. The van der Waals surface area contributed by atoms with Crippen molar-refractivity contribution in [1.29, 1.82) is 0 Å². The molecule has 1 aliphatic heterocycles. The Morgan fingerprint density at radius 1 is 1.59 bits per heavy atom. The maximum atomic E-state index is 11.2. The summed E-state index contributed by atoms with van der Waals surface area (Å²) >= 11 is 0. The van der Waals surface area contributed by atoms with E-state index >= 15 is 0 Å². The van der Waals surface area contributed by atoms with Crippen molar-refractivity contribution < 1.29 is 14.3 Å². The van der Waals surface area contributed by atoms with E-state index in [-0.39, 0.29) is 12.1 Å². The van der Waals surface area contributed by atoms with Crippen molar-refractivity contribution in [3.8, 4) is 0 Å². The zero-order valence-corrected chi connectivity index (χ0v) is 11.0. The molecule has 3 nitrogen and oxygen atoms in total. The van der Waals surface area contributed by atoms with Crippen LogP contribution in [0.1, 0.15) is 46.0 Å². The van der Waals surface area contributed by atoms with Gasteiger partial charge >= 0.3 is 5.97 Å². The smallest absolute Gasteiger partial charge is 0.330 e. The predicted molar refractivity (Wildman–Crippen MR) is 67.5 cm³/mol. The molecule has 0 aromatic heterocycles. The number of esters is 1. The Labute approximate surface area is 103 Å². The van der Waals surface area contributed by atoms with Gasteiger partial charge in [-0.05, 0) is 25.0 Å². The standard InChI is InChI=1S/C14H22O3/c1-4-5-6-7-13-9-12(8-11(2)17-13)10-14(15)16-3/h9-11H,4-8H2,1-3H3/b12-10-. The molecule has 0 fully saturated rings. The minimum absolute atomic E-state index is 0.146. The summed E-state index contributed by atoms with van der Waals surface area (Å²) in [7, 11) is 1.40. The fraction of sp³-hybridized carbons (Fsp3) is 0.643. The van der Waals surface area contributed by atoms with E-state index < -0.39 is 0 Å². The van der Waals surface area contributed by atoms with Gasteiger partial charge in [0.25, 0.3) is 0 Å². The van der Waals surface area contributed by atoms with Gasteiger partial charge in [0.2, 0.25) is 0 Å². The Bertz CT molecular complexity index is 315. The summed E-state index contributed by atoms with van der Waals surface area (Å²) in [6.45, 7) is 4.21. The second-order valence-corrected chi connectivity index (χ2v) is 4.44. The number of ether oxygens (including phenoxy) is 2. The second kappa shape index (κ2) is 7.15. The normalized spacial score (nSPS) is 21.9. The van der Waals surface area contributed by atoms with E-state index in [9.17, 15) is 4.79 Å². The molecule has 17 heavy (non-hydrogen) atoms. The lowest BCUT2D eigenvalue weighted by Crippen LogP contribution is -2.14. The number of rotatable bonds is 5. The number of unbranched alkanes of at least 4 members (excludes halogenated alkanes) is 2. The molecule has 0 spiro atoms. The van der Waals surface area contributed by atoms with Gasteiger partial charge in [-0.25, -0.2) is 4.79 Å². The first-order chi connectivity index (χ1) is 8.15. The Hall–Kier alpha value is -1.25. The molecule has 0 aromatic rings. The highest BCUT2D eigenvalue weighted by Crippen LogP contribution is 2.24. The van der Waals surface area contributed by atoms with E-state index in [0.29, 0.717) is 0 Å². The Morgan fingerprint density at radius 2 is 2.35 bits per heavy atom. The molecule has 1 aliphatic rings. The van der Waals surface area contributed by atoms with Crippen molar-refractivity contribution in [3.05, 3.63) is 23.5 Å². The third-order valence-electron chi connectivity index (χ3n) is 2.75. The van der Waals surface area contributed by atoms with E-state index in [2.05, 4.69) is 11.7 Å². The van der Waals surface area contributed by atoms with Gasteiger partial charge < -0.3 is 9.47 Å². The van der Waals surface area contributed by atoms with E-state index in [4.69, 9.17) is 4.74 Å². The number of methoxy groups -OCH3 is 1. The molecular weight excluding hydrogens is 216 g/mol. The Kier molecular flexibility index (Phi) is 5.81. The molecule has 1 unspecified atom stereocenters. The molecule has 1 heterocycles. The number of hydrogen-bond acceptors (Lipinski definition) is 3. The molecule has 0 aromatic carbocycles. The van der Waals surface area contributed by atoms with Crippen molar-refractivity contribution >= 4 is 5.97 Å². The molecular formula is C14H22O3. The average Bonchev–Trinajstić information content (AvgIpc) is 2.28. The highest BCUT2D eigenvalue weighted by Gasteiger charge is 2.15. The zero-order chi connectivity index (χ0) is 12.7. The number of carbonyl (C=O) groups excluding carboxylic acids is 1. The van der Waals surface area contributed by atoms with Crippen LogP contribution in [0.3, 0.4) is 0 Å². The summed E-state index contributed by atoms with van der Waals surface area (Å²) in [5.74, 6) is 0.700. The number of hydrogen-bond donors (Lipinski definition) is 0. The largest absolute Gasteiger partial charge is 0.495 e. The lowest BCUT2D eigenvalue weighted by molar-refractivity contribution is -0.134.